The van der Waals surface area contributed by atoms with Crippen molar-refractivity contribution in [2.75, 3.05) is 13.1 Å². The molecular weight excluding hydrogens is 554 g/mol. The molecule has 9 heteroatoms. The number of aryl methyl sites for hydroxylation is 1. The molecule has 1 saturated heterocycles. The fourth-order valence-electron chi connectivity index (χ4n) is 6.65. The van der Waals surface area contributed by atoms with Crippen molar-refractivity contribution in [2.24, 2.45) is 23.7 Å². The van der Waals surface area contributed by atoms with Crippen molar-refractivity contribution >= 4 is 5.91 Å². The van der Waals surface area contributed by atoms with Crippen molar-refractivity contribution in [2.45, 2.75) is 90.2 Å². The Balaban J connectivity index is 0.000000198. The molecule has 0 radical (unpaired) electrons. The lowest BCUT2D eigenvalue weighted by molar-refractivity contribution is -0.143. The van der Waals surface area contributed by atoms with Gasteiger partial charge in [0.15, 0.2) is 0 Å². The van der Waals surface area contributed by atoms with E-state index in [1.54, 1.807) is 0 Å². The number of nitrogens with zero attached hydrogens (tertiary/aromatic N) is 1. The van der Waals surface area contributed by atoms with E-state index < -0.39 is 35.9 Å². The zero-order chi connectivity index (χ0) is 30.5. The number of rotatable bonds is 7. The van der Waals surface area contributed by atoms with E-state index in [9.17, 15) is 31.1 Å². The van der Waals surface area contributed by atoms with Crippen LogP contribution in [0.1, 0.15) is 81.0 Å². The fraction of sp³-hybridized carbons (Fsp3) is 0.606. The number of hydrogen-bond donors (Lipinski definition) is 1. The largest absolute Gasteiger partial charge is 0.416 e. The van der Waals surface area contributed by atoms with E-state index in [0.717, 1.165) is 36.6 Å². The molecule has 1 heterocycles. The van der Waals surface area contributed by atoms with Crippen molar-refractivity contribution in [1.82, 2.24) is 10.2 Å². The second-order valence-electron chi connectivity index (χ2n) is 12.4. The van der Waals surface area contributed by atoms with Crippen molar-refractivity contribution in [3.05, 3.63) is 70.8 Å². The third-order valence-electron chi connectivity index (χ3n) is 9.20. The van der Waals surface area contributed by atoms with Crippen LogP contribution < -0.4 is 5.32 Å². The molecule has 0 spiro atoms. The maximum absolute atomic E-state index is 12.5. The molecule has 3 nitrogen and oxygen atoms in total. The average Bonchev–Trinajstić information content (AvgIpc) is 3.67. The van der Waals surface area contributed by atoms with E-state index in [4.69, 9.17) is 0 Å². The SMILES string of the molecule is CC(=O)NCc1cc(C(F)(F)F)cc(C(F)(F)F)c1.CC1CN(C2CCC(C3CC3)C2)CC[C@H]1CCc1ccccc1. The minimum Gasteiger partial charge on any atom is -0.352 e. The van der Waals surface area contributed by atoms with Crippen LogP contribution in [0.25, 0.3) is 0 Å². The molecule has 3 aliphatic rings. The fourth-order valence-corrected chi connectivity index (χ4v) is 6.65. The van der Waals surface area contributed by atoms with Crippen molar-refractivity contribution in [3.63, 3.8) is 0 Å². The monoisotopic (exact) mass is 596 g/mol. The number of benzene rings is 2. The molecular formula is C33H42F6N2O. The third-order valence-corrected chi connectivity index (χ3v) is 9.20. The number of halogens is 6. The van der Waals surface area contributed by atoms with E-state index >= 15 is 0 Å². The maximum Gasteiger partial charge on any atom is 0.416 e. The van der Waals surface area contributed by atoms with Crippen LogP contribution in [-0.4, -0.2) is 29.9 Å². The number of carbonyl (C=O) groups is 1. The lowest BCUT2D eigenvalue weighted by Gasteiger charge is -2.40. The lowest BCUT2D eigenvalue weighted by Crippen LogP contribution is -2.44. The van der Waals surface area contributed by atoms with Crippen molar-refractivity contribution in [1.29, 1.82) is 0 Å². The summed E-state index contributed by atoms with van der Waals surface area (Å²) in [6.45, 7) is 5.95. The van der Waals surface area contributed by atoms with Crippen LogP contribution in [0.5, 0.6) is 0 Å². The molecule has 1 N–H and O–H groups in total. The molecule has 1 aliphatic heterocycles. The molecule has 4 atom stereocenters. The van der Waals surface area contributed by atoms with E-state index in [1.165, 1.54) is 70.0 Å². The van der Waals surface area contributed by atoms with E-state index in [2.05, 4.69) is 47.5 Å². The predicted octanol–water partition coefficient (Wildman–Crippen LogP) is 8.52. The van der Waals surface area contributed by atoms with Crippen LogP contribution in [0.15, 0.2) is 48.5 Å². The lowest BCUT2D eigenvalue weighted by atomic mass is 9.82. The number of piperidine rings is 1. The topological polar surface area (TPSA) is 32.3 Å². The first kappa shape index (κ1) is 32.4. The second-order valence-corrected chi connectivity index (χ2v) is 12.4. The van der Waals surface area contributed by atoms with Gasteiger partial charge in [-0.05, 0) is 111 Å². The van der Waals surface area contributed by atoms with E-state index in [1.807, 2.05) is 0 Å². The van der Waals surface area contributed by atoms with Gasteiger partial charge in [-0.15, -0.1) is 0 Å². The summed E-state index contributed by atoms with van der Waals surface area (Å²) in [6.07, 6.45) is 1.92. The molecule has 3 unspecified atom stereocenters. The summed E-state index contributed by atoms with van der Waals surface area (Å²) in [4.78, 5) is 13.5. The van der Waals surface area contributed by atoms with Gasteiger partial charge < -0.3 is 10.2 Å². The van der Waals surface area contributed by atoms with Gasteiger partial charge in [0, 0.05) is 26.1 Å². The third kappa shape index (κ3) is 9.48. The quantitative estimate of drug-likeness (QED) is 0.325. The number of hydrogen-bond acceptors (Lipinski definition) is 2. The van der Waals surface area contributed by atoms with Crippen molar-refractivity contribution in [3.8, 4) is 0 Å². The molecule has 0 bridgehead atoms. The molecule has 3 fully saturated rings. The number of likely N-dealkylation sites (tertiary alicyclic amines) is 1. The highest BCUT2D eigenvalue weighted by atomic mass is 19.4. The second kappa shape index (κ2) is 13.8. The van der Waals surface area contributed by atoms with Crippen LogP contribution in [0.2, 0.25) is 0 Å². The number of nitrogens with one attached hydrogen (secondary N) is 1. The van der Waals surface area contributed by atoms with Crippen molar-refractivity contribution < 1.29 is 31.1 Å². The van der Waals surface area contributed by atoms with E-state index in [0.29, 0.717) is 12.1 Å². The minimum absolute atomic E-state index is 0.0390. The number of carbonyl (C=O) groups excluding carboxylic acids is 1. The van der Waals surface area contributed by atoms with Crippen LogP contribution >= 0.6 is 0 Å². The van der Waals surface area contributed by atoms with Crippen LogP contribution in [0.3, 0.4) is 0 Å². The molecule has 2 aromatic carbocycles. The molecule has 232 valence electrons. The smallest absolute Gasteiger partial charge is 0.352 e. The minimum atomic E-state index is -4.88. The molecule has 0 aromatic heterocycles. The summed E-state index contributed by atoms with van der Waals surface area (Å²) in [5, 5.41) is 2.15. The van der Waals surface area contributed by atoms with Gasteiger partial charge in [0.1, 0.15) is 0 Å². The Morgan fingerprint density at radius 3 is 2.02 bits per heavy atom. The van der Waals surface area contributed by atoms with E-state index in [-0.39, 0.29) is 11.6 Å². The van der Waals surface area contributed by atoms with Gasteiger partial charge in [0.2, 0.25) is 5.91 Å². The van der Waals surface area contributed by atoms with Gasteiger partial charge in [-0.25, -0.2) is 0 Å². The highest BCUT2D eigenvalue weighted by Crippen LogP contribution is 2.46. The number of alkyl halides is 6. The Labute approximate surface area is 245 Å². The van der Waals surface area contributed by atoms with Gasteiger partial charge in [0.05, 0.1) is 11.1 Å². The summed E-state index contributed by atoms with van der Waals surface area (Å²) in [7, 11) is 0. The van der Waals surface area contributed by atoms with Gasteiger partial charge in [-0.2, -0.15) is 26.3 Å². The normalized spacial score (nSPS) is 25.0. The van der Waals surface area contributed by atoms with Crippen LogP contribution in [0.4, 0.5) is 26.3 Å². The molecule has 42 heavy (non-hydrogen) atoms. The Morgan fingerprint density at radius 1 is 0.857 bits per heavy atom. The highest BCUT2D eigenvalue weighted by Gasteiger charge is 2.40. The Morgan fingerprint density at radius 2 is 1.48 bits per heavy atom. The summed E-state index contributed by atoms with van der Waals surface area (Å²) < 4.78 is 74.9. The van der Waals surface area contributed by atoms with Gasteiger partial charge in [-0.1, -0.05) is 37.3 Å². The van der Waals surface area contributed by atoms with Crippen LogP contribution in [0, 0.1) is 23.7 Å². The number of amides is 1. The zero-order valence-electron chi connectivity index (χ0n) is 24.4. The molecule has 2 saturated carbocycles. The summed E-state index contributed by atoms with van der Waals surface area (Å²) >= 11 is 0. The molecule has 5 rings (SSSR count). The first-order valence-electron chi connectivity index (χ1n) is 15.1. The molecule has 1 amide bonds. The van der Waals surface area contributed by atoms with Gasteiger partial charge in [-0.3, -0.25) is 4.79 Å². The zero-order valence-corrected chi connectivity index (χ0v) is 24.4. The average molecular weight is 597 g/mol. The molecule has 2 aliphatic carbocycles. The Hall–Kier alpha value is -2.55. The summed E-state index contributed by atoms with van der Waals surface area (Å²) in [5.41, 5.74) is -1.55. The first-order chi connectivity index (χ1) is 19.8. The molecule has 2 aromatic rings. The summed E-state index contributed by atoms with van der Waals surface area (Å²) in [5.74, 6) is 3.48. The van der Waals surface area contributed by atoms with Crippen LogP contribution in [-0.2, 0) is 30.1 Å². The highest BCUT2D eigenvalue weighted by molar-refractivity contribution is 5.72. The maximum atomic E-state index is 12.5. The van der Waals surface area contributed by atoms with Gasteiger partial charge >= 0.3 is 12.4 Å². The standard InChI is InChI=1S/C22H33N.C11H9F6NO/c1-17-16-23(22-12-11-21(15-22)20-9-10-20)14-13-19(17)8-7-18-5-3-2-4-6-18;1-6(19)18-5-7-2-8(10(12,13)14)4-9(3-7)11(15,16)17/h2-6,17,19-22H,7-16H2,1H3;2-4H,5H2,1H3,(H,18,19)/t17?,19-,21?,22?;/m1./s1. The predicted molar refractivity (Wildman–Crippen MR) is 151 cm³/mol. The van der Waals surface area contributed by atoms with Gasteiger partial charge in [0.25, 0.3) is 0 Å². The summed E-state index contributed by atoms with van der Waals surface area (Å²) in [6, 6.07) is 13.2. The Kier molecular flexibility index (Phi) is 10.7. The Bertz CT molecular complexity index is 1130. The first-order valence-corrected chi connectivity index (χ1v) is 15.1.